The van der Waals surface area contributed by atoms with Crippen LogP contribution in [0.15, 0.2) is 0 Å². The van der Waals surface area contributed by atoms with Crippen molar-refractivity contribution in [3.63, 3.8) is 0 Å². The Hall–Kier alpha value is -1.88. The largest absolute Gasteiger partial charge is 0.382 e. The number of hydrogen-bond donors (Lipinski definition) is 2. The summed E-state index contributed by atoms with van der Waals surface area (Å²) in [5.41, 5.74) is 2.98. The number of nitrogens with zero attached hydrogens (tertiary/aromatic N) is 3. The van der Waals surface area contributed by atoms with E-state index in [2.05, 4.69) is 28.7 Å². The maximum atomic E-state index is 9.77. The zero-order valence-corrected chi connectivity index (χ0v) is 16.5. The van der Waals surface area contributed by atoms with Gasteiger partial charge >= 0.3 is 0 Å². The van der Waals surface area contributed by atoms with E-state index in [0.29, 0.717) is 18.0 Å². The SMILES string of the molecule is CCOCCCNc1nc(NC[C@H]2CCCO2)c2c(c1C#N)CCN(C)C2. The van der Waals surface area contributed by atoms with Crippen molar-refractivity contribution in [3.8, 4) is 6.07 Å². The lowest BCUT2D eigenvalue weighted by Gasteiger charge is -2.29. The number of aromatic nitrogens is 1. The molecule has 0 aliphatic carbocycles. The third kappa shape index (κ3) is 5.10. The molecule has 7 nitrogen and oxygen atoms in total. The number of anilines is 2. The Morgan fingerprint density at radius 3 is 2.96 bits per heavy atom. The van der Waals surface area contributed by atoms with Gasteiger partial charge in [-0.2, -0.15) is 5.26 Å². The molecule has 2 aliphatic rings. The molecule has 3 rings (SSSR count). The summed E-state index contributed by atoms with van der Waals surface area (Å²) in [4.78, 5) is 7.08. The van der Waals surface area contributed by atoms with Gasteiger partial charge in [-0.1, -0.05) is 0 Å². The van der Waals surface area contributed by atoms with E-state index >= 15 is 0 Å². The van der Waals surface area contributed by atoms with Crippen molar-refractivity contribution in [2.24, 2.45) is 0 Å². The quantitative estimate of drug-likeness (QED) is 0.643. The third-order valence-electron chi connectivity index (χ3n) is 5.18. The first-order valence-electron chi connectivity index (χ1n) is 10.0. The smallest absolute Gasteiger partial charge is 0.146 e. The fourth-order valence-electron chi connectivity index (χ4n) is 3.71. The number of fused-ring (bicyclic) bond motifs is 1. The normalized spacial score (nSPS) is 19.5. The van der Waals surface area contributed by atoms with Crippen molar-refractivity contribution < 1.29 is 9.47 Å². The maximum Gasteiger partial charge on any atom is 0.146 e. The second-order valence-electron chi connectivity index (χ2n) is 7.23. The lowest BCUT2D eigenvalue weighted by Crippen LogP contribution is -2.30. The van der Waals surface area contributed by atoms with Crippen LogP contribution in [0.5, 0.6) is 0 Å². The average molecular weight is 374 g/mol. The number of rotatable bonds is 9. The summed E-state index contributed by atoms with van der Waals surface area (Å²) < 4.78 is 11.1. The van der Waals surface area contributed by atoms with Gasteiger partial charge in [0.25, 0.3) is 0 Å². The summed E-state index contributed by atoms with van der Waals surface area (Å²) in [5.74, 6) is 1.57. The van der Waals surface area contributed by atoms with Crippen molar-refractivity contribution in [2.45, 2.75) is 45.3 Å². The summed E-state index contributed by atoms with van der Waals surface area (Å²) >= 11 is 0. The molecule has 1 atom stereocenters. The topological polar surface area (TPSA) is 82.4 Å². The average Bonchev–Trinajstić information content (AvgIpc) is 3.19. The zero-order chi connectivity index (χ0) is 19.1. The van der Waals surface area contributed by atoms with E-state index in [-0.39, 0.29) is 6.10 Å². The minimum atomic E-state index is 0.252. The summed E-state index contributed by atoms with van der Waals surface area (Å²) in [6, 6.07) is 2.39. The number of likely N-dealkylation sites (N-methyl/N-ethyl adjacent to an activating group) is 1. The molecular formula is C20H31N5O2. The van der Waals surface area contributed by atoms with Crippen molar-refractivity contribution in [1.82, 2.24) is 9.88 Å². The Morgan fingerprint density at radius 2 is 2.22 bits per heavy atom. The highest BCUT2D eigenvalue weighted by Crippen LogP contribution is 2.31. The van der Waals surface area contributed by atoms with Crippen LogP contribution in [0, 0.1) is 11.3 Å². The molecule has 1 aromatic rings. The number of nitrogens with one attached hydrogen (secondary N) is 2. The summed E-state index contributed by atoms with van der Waals surface area (Å²) in [6.07, 6.45) is 4.23. The highest BCUT2D eigenvalue weighted by atomic mass is 16.5. The van der Waals surface area contributed by atoms with E-state index in [1.165, 1.54) is 0 Å². The van der Waals surface area contributed by atoms with Crippen LogP contribution in [-0.4, -0.2) is 62.5 Å². The van der Waals surface area contributed by atoms with Gasteiger partial charge in [0.15, 0.2) is 0 Å². The molecular weight excluding hydrogens is 342 g/mol. The summed E-state index contributed by atoms with van der Waals surface area (Å²) in [7, 11) is 2.11. The van der Waals surface area contributed by atoms with Crippen LogP contribution in [0.1, 0.15) is 42.9 Å². The van der Waals surface area contributed by atoms with Gasteiger partial charge in [0.05, 0.1) is 11.7 Å². The van der Waals surface area contributed by atoms with Gasteiger partial charge in [-0.05, 0) is 45.2 Å². The standard InChI is InChI=1S/C20H31N5O2/c1-3-26-10-5-8-22-19-17(12-21)16-7-9-25(2)14-18(16)20(24-19)23-13-15-6-4-11-27-15/h15H,3-11,13-14H2,1-2H3,(H2,22,23,24)/t15-/m1/s1. The van der Waals surface area contributed by atoms with Gasteiger partial charge in [0, 0.05) is 51.6 Å². The summed E-state index contributed by atoms with van der Waals surface area (Å²) in [5, 5.41) is 16.6. The highest BCUT2D eigenvalue weighted by Gasteiger charge is 2.25. The van der Waals surface area contributed by atoms with E-state index in [4.69, 9.17) is 14.5 Å². The lowest BCUT2D eigenvalue weighted by atomic mass is 9.96. The lowest BCUT2D eigenvalue weighted by molar-refractivity contribution is 0.120. The Kier molecular flexibility index (Phi) is 7.27. The number of ether oxygens (including phenoxy) is 2. The minimum absolute atomic E-state index is 0.252. The molecule has 27 heavy (non-hydrogen) atoms. The van der Waals surface area contributed by atoms with E-state index < -0.39 is 0 Å². The first-order valence-corrected chi connectivity index (χ1v) is 10.0. The molecule has 3 heterocycles. The van der Waals surface area contributed by atoms with E-state index in [1.807, 2.05) is 6.92 Å². The van der Waals surface area contributed by atoms with Gasteiger partial charge in [-0.25, -0.2) is 4.98 Å². The molecule has 0 radical (unpaired) electrons. The molecule has 0 aromatic carbocycles. The van der Waals surface area contributed by atoms with Crippen molar-refractivity contribution in [3.05, 3.63) is 16.7 Å². The predicted octanol–water partition coefficient (Wildman–Crippen LogP) is 2.37. The molecule has 0 spiro atoms. The Labute approximate surface area is 162 Å². The van der Waals surface area contributed by atoms with Gasteiger partial charge in [-0.15, -0.1) is 0 Å². The second-order valence-corrected chi connectivity index (χ2v) is 7.23. The second kappa shape index (κ2) is 9.88. The number of pyridine rings is 1. The monoisotopic (exact) mass is 373 g/mol. The van der Waals surface area contributed by atoms with Crippen LogP contribution < -0.4 is 10.6 Å². The van der Waals surface area contributed by atoms with Gasteiger partial charge in [-0.3, -0.25) is 0 Å². The Bertz CT molecular complexity index is 667. The molecule has 2 N–H and O–H groups in total. The van der Waals surface area contributed by atoms with E-state index in [9.17, 15) is 5.26 Å². The van der Waals surface area contributed by atoms with Crippen LogP contribution in [0.4, 0.5) is 11.6 Å². The Balaban J connectivity index is 1.79. The summed E-state index contributed by atoms with van der Waals surface area (Å²) in [6.45, 7) is 7.56. The van der Waals surface area contributed by atoms with Crippen LogP contribution >= 0.6 is 0 Å². The molecule has 0 unspecified atom stereocenters. The van der Waals surface area contributed by atoms with E-state index in [0.717, 1.165) is 82.0 Å². The molecule has 1 aromatic heterocycles. The van der Waals surface area contributed by atoms with Crippen LogP contribution in [0.2, 0.25) is 0 Å². The van der Waals surface area contributed by atoms with Gasteiger partial charge in [0.2, 0.25) is 0 Å². The van der Waals surface area contributed by atoms with Gasteiger partial charge in [0.1, 0.15) is 17.7 Å². The fraction of sp³-hybridized carbons (Fsp3) is 0.700. The molecule has 148 valence electrons. The van der Waals surface area contributed by atoms with Crippen LogP contribution in [-0.2, 0) is 22.4 Å². The minimum Gasteiger partial charge on any atom is -0.382 e. The molecule has 0 amide bonds. The molecule has 0 bridgehead atoms. The molecule has 1 fully saturated rings. The Morgan fingerprint density at radius 1 is 1.33 bits per heavy atom. The predicted molar refractivity (Wildman–Crippen MR) is 106 cm³/mol. The van der Waals surface area contributed by atoms with Crippen molar-refractivity contribution in [2.75, 3.05) is 57.1 Å². The fourth-order valence-corrected chi connectivity index (χ4v) is 3.71. The van der Waals surface area contributed by atoms with Gasteiger partial charge < -0.3 is 25.0 Å². The highest BCUT2D eigenvalue weighted by molar-refractivity contribution is 5.66. The number of nitriles is 1. The van der Waals surface area contributed by atoms with Crippen molar-refractivity contribution in [1.29, 1.82) is 5.26 Å². The maximum absolute atomic E-state index is 9.77. The third-order valence-corrected chi connectivity index (χ3v) is 5.18. The van der Waals surface area contributed by atoms with E-state index in [1.54, 1.807) is 0 Å². The molecule has 1 saturated heterocycles. The van der Waals surface area contributed by atoms with Crippen LogP contribution in [0.25, 0.3) is 0 Å². The van der Waals surface area contributed by atoms with Crippen LogP contribution in [0.3, 0.4) is 0 Å². The van der Waals surface area contributed by atoms with Crippen molar-refractivity contribution >= 4 is 11.6 Å². The first kappa shape index (κ1) is 19.9. The first-order chi connectivity index (χ1) is 13.2. The molecule has 0 saturated carbocycles. The molecule has 7 heteroatoms. The zero-order valence-electron chi connectivity index (χ0n) is 16.5. The number of hydrogen-bond acceptors (Lipinski definition) is 7. The molecule has 2 aliphatic heterocycles.